The van der Waals surface area contributed by atoms with E-state index in [9.17, 15) is 18.3 Å². The minimum Gasteiger partial charge on any atom is -0.507 e. The Balaban J connectivity index is 3.12. The number of carbonyl (C=O) groups excluding carboxylic acids is 1. The monoisotopic (exact) mass is 273 g/mol. The molecule has 0 aliphatic carbocycles. The number of likely N-dealkylation sites (N-methyl/N-ethyl adjacent to an activating group) is 1. The van der Waals surface area contributed by atoms with Gasteiger partial charge in [0.05, 0.1) is 7.11 Å². The predicted octanol–water partition coefficient (Wildman–Crippen LogP) is 0.576. The van der Waals surface area contributed by atoms with Gasteiger partial charge in [-0.25, -0.2) is 8.42 Å². The Morgan fingerprint density at radius 2 is 2.00 bits per heavy atom. The van der Waals surface area contributed by atoms with E-state index in [1.807, 2.05) is 0 Å². The summed E-state index contributed by atoms with van der Waals surface area (Å²) in [5.41, 5.74) is 0. The van der Waals surface area contributed by atoms with Crippen molar-refractivity contribution >= 4 is 16.0 Å². The van der Waals surface area contributed by atoms with E-state index >= 15 is 0 Å². The third-order valence-corrected chi connectivity index (χ3v) is 4.34. The van der Waals surface area contributed by atoms with Crippen LogP contribution >= 0.6 is 0 Å². The lowest BCUT2D eigenvalue weighted by Gasteiger charge is -2.19. The van der Waals surface area contributed by atoms with Gasteiger partial charge in [-0.2, -0.15) is 4.31 Å². The molecular formula is C11H15NO5S. The molecule has 0 saturated heterocycles. The number of benzene rings is 1. The van der Waals surface area contributed by atoms with Crippen molar-refractivity contribution in [2.24, 2.45) is 0 Å². The molecule has 6 nitrogen and oxygen atoms in total. The summed E-state index contributed by atoms with van der Waals surface area (Å²) in [6, 6.07) is 5.58. The van der Waals surface area contributed by atoms with Crippen molar-refractivity contribution in [2.75, 3.05) is 20.2 Å². The molecule has 0 saturated carbocycles. The molecule has 100 valence electrons. The van der Waals surface area contributed by atoms with Crippen LogP contribution in [0, 0.1) is 0 Å². The highest BCUT2D eigenvalue weighted by atomic mass is 32.2. The summed E-state index contributed by atoms with van der Waals surface area (Å²) in [7, 11) is -2.72. The number of ether oxygens (including phenoxy) is 1. The van der Waals surface area contributed by atoms with Gasteiger partial charge in [0, 0.05) is 6.54 Å². The van der Waals surface area contributed by atoms with Crippen LogP contribution in [0.2, 0.25) is 0 Å². The molecule has 0 amide bonds. The minimum atomic E-state index is -3.90. The van der Waals surface area contributed by atoms with Gasteiger partial charge in [0.2, 0.25) is 10.0 Å². The fourth-order valence-electron chi connectivity index (χ4n) is 1.39. The number of aromatic hydroxyl groups is 1. The number of rotatable bonds is 5. The molecule has 1 N–H and O–H groups in total. The highest BCUT2D eigenvalue weighted by Gasteiger charge is 2.27. The first-order valence-electron chi connectivity index (χ1n) is 5.28. The molecule has 0 fully saturated rings. The molecule has 0 aliphatic heterocycles. The van der Waals surface area contributed by atoms with Crippen LogP contribution in [0.4, 0.5) is 0 Å². The first-order valence-corrected chi connectivity index (χ1v) is 6.72. The average molecular weight is 273 g/mol. The van der Waals surface area contributed by atoms with E-state index in [2.05, 4.69) is 4.74 Å². The Kier molecular flexibility index (Phi) is 4.69. The Bertz CT molecular complexity index is 526. The molecular weight excluding hydrogens is 258 g/mol. The molecule has 0 aliphatic rings. The first kappa shape index (κ1) is 14.5. The van der Waals surface area contributed by atoms with Crippen molar-refractivity contribution in [3.63, 3.8) is 0 Å². The van der Waals surface area contributed by atoms with Crippen LogP contribution in [0.25, 0.3) is 0 Å². The van der Waals surface area contributed by atoms with E-state index in [4.69, 9.17) is 0 Å². The van der Waals surface area contributed by atoms with Crippen LogP contribution in [0.15, 0.2) is 29.2 Å². The number of nitrogens with zero attached hydrogens (tertiary/aromatic N) is 1. The van der Waals surface area contributed by atoms with Gasteiger partial charge in [0.15, 0.2) is 0 Å². The van der Waals surface area contributed by atoms with Crippen molar-refractivity contribution in [3.05, 3.63) is 24.3 Å². The van der Waals surface area contributed by atoms with Crippen LogP contribution in [0.1, 0.15) is 6.92 Å². The Labute approximate surface area is 106 Å². The summed E-state index contributed by atoms with van der Waals surface area (Å²) < 4.78 is 29.8. The average Bonchev–Trinajstić information content (AvgIpc) is 2.35. The molecule has 7 heteroatoms. The first-order chi connectivity index (χ1) is 8.43. The second-order valence-electron chi connectivity index (χ2n) is 3.48. The minimum absolute atomic E-state index is 0.103. The topological polar surface area (TPSA) is 83.9 Å². The summed E-state index contributed by atoms with van der Waals surface area (Å²) in [5, 5.41) is 9.56. The third-order valence-electron chi connectivity index (χ3n) is 2.37. The lowest BCUT2D eigenvalue weighted by atomic mass is 10.3. The second kappa shape index (κ2) is 5.83. The fraction of sp³-hybridized carbons (Fsp3) is 0.364. The van der Waals surface area contributed by atoms with Crippen LogP contribution in [-0.4, -0.2) is 44.0 Å². The molecule has 1 aromatic carbocycles. The summed E-state index contributed by atoms with van der Waals surface area (Å²) in [6.45, 7) is 1.32. The second-order valence-corrected chi connectivity index (χ2v) is 5.38. The van der Waals surface area contributed by atoms with Gasteiger partial charge >= 0.3 is 5.97 Å². The van der Waals surface area contributed by atoms with E-state index in [1.165, 1.54) is 31.4 Å². The summed E-state index contributed by atoms with van der Waals surface area (Å²) in [6.07, 6.45) is 0. The zero-order chi connectivity index (χ0) is 13.8. The van der Waals surface area contributed by atoms with Gasteiger partial charge in [-0.15, -0.1) is 0 Å². The lowest BCUT2D eigenvalue weighted by Crippen LogP contribution is -2.36. The smallest absolute Gasteiger partial charge is 0.321 e. The number of phenols is 1. The fourth-order valence-corrected chi connectivity index (χ4v) is 2.87. The summed E-state index contributed by atoms with van der Waals surface area (Å²) in [5.74, 6) is -1.00. The van der Waals surface area contributed by atoms with Gasteiger partial charge < -0.3 is 9.84 Å². The number of phenolic OH excluding ortho intramolecular Hbond substituents is 1. The van der Waals surface area contributed by atoms with Crippen molar-refractivity contribution < 1.29 is 23.1 Å². The molecule has 0 bridgehead atoms. The predicted molar refractivity (Wildman–Crippen MR) is 64.6 cm³/mol. The Morgan fingerprint density at radius 3 is 2.50 bits per heavy atom. The SMILES string of the molecule is CCN(CC(=O)OC)S(=O)(=O)c1ccccc1O. The largest absolute Gasteiger partial charge is 0.507 e. The standard InChI is InChI=1S/C11H15NO5S/c1-3-12(8-11(14)17-2)18(15,16)10-7-5-4-6-9(10)13/h4-7,13H,3,8H2,1-2H3. The van der Waals surface area contributed by atoms with E-state index in [-0.39, 0.29) is 23.7 Å². The molecule has 1 rings (SSSR count). The number of carbonyl (C=O) groups is 1. The van der Waals surface area contributed by atoms with E-state index in [0.29, 0.717) is 0 Å². The number of hydrogen-bond acceptors (Lipinski definition) is 5. The Morgan fingerprint density at radius 1 is 1.39 bits per heavy atom. The molecule has 0 atom stereocenters. The van der Waals surface area contributed by atoms with Crippen LogP contribution < -0.4 is 0 Å². The van der Waals surface area contributed by atoms with E-state index < -0.39 is 16.0 Å². The molecule has 0 heterocycles. The molecule has 18 heavy (non-hydrogen) atoms. The van der Waals surface area contributed by atoms with Crippen molar-refractivity contribution in [2.45, 2.75) is 11.8 Å². The van der Waals surface area contributed by atoms with E-state index in [1.54, 1.807) is 6.92 Å². The number of hydrogen-bond donors (Lipinski definition) is 1. The van der Waals surface area contributed by atoms with Crippen LogP contribution in [-0.2, 0) is 19.6 Å². The highest BCUT2D eigenvalue weighted by molar-refractivity contribution is 7.89. The van der Waals surface area contributed by atoms with Gasteiger partial charge in [-0.3, -0.25) is 4.79 Å². The number of methoxy groups -OCH3 is 1. The molecule has 0 radical (unpaired) electrons. The maximum atomic E-state index is 12.2. The third kappa shape index (κ3) is 2.99. The van der Waals surface area contributed by atoms with Gasteiger partial charge in [0.1, 0.15) is 17.2 Å². The quantitative estimate of drug-likeness (QED) is 0.793. The zero-order valence-corrected chi connectivity index (χ0v) is 11.0. The molecule has 0 unspecified atom stereocenters. The molecule has 0 spiro atoms. The maximum Gasteiger partial charge on any atom is 0.321 e. The van der Waals surface area contributed by atoms with Crippen LogP contribution in [0.3, 0.4) is 0 Å². The highest BCUT2D eigenvalue weighted by Crippen LogP contribution is 2.24. The Hall–Kier alpha value is -1.60. The van der Waals surface area contributed by atoms with Crippen molar-refractivity contribution in [3.8, 4) is 5.75 Å². The summed E-state index contributed by atoms with van der Waals surface area (Å²) >= 11 is 0. The van der Waals surface area contributed by atoms with Crippen molar-refractivity contribution in [1.82, 2.24) is 4.31 Å². The van der Waals surface area contributed by atoms with Gasteiger partial charge in [0.25, 0.3) is 0 Å². The number of esters is 1. The normalized spacial score (nSPS) is 11.5. The van der Waals surface area contributed by atoms with Gasteiger partial charge in [-0.1, -0.05) is 19.1 Å². The number of para-hydroxylation sites is 1. The maximum absolute atomic E-state index is 12.2. The molecule has 1 aromatic rings. The lowest BCUT2D eigenvalue weighted by molar-refractivity contribution is -0.140. The summed E-state index contributed by atoms with van der Waals surface area (Å²) in [4.78, 5) is 10.9. The van der Waals surface area contributed by atoms with Crippen molar-refractivity contribution in [1.29, 1.82) is 0 Å². The number of sulfonamides is 1. The van der Waals surface area contributed by atoms with Crippen LogP contribution in [0.5, 0.6) is 5.75 Å². The molecule has 0 aromatic heterocycles. The van der Waals surface area contributed by atoms with E-state index in [0.717, 1.165) is 4.31 Å². The van der Waals surface area contributed by atoms with Gasteiger partial charge in [-0.05, 0) is 12.1 Å². The zero-order valence-electron chi connectivity index (χ0n) is 10.2.